The molecule has 1 heterocycles. The average molecular weight is 331 g/mol. The van der Waals surface area contributed by atoms with Crippen LogP contribution in [0.1, 0.15) is 61.9 Å². The van der Waals surface area contributed by atoms with Crippen molar-refractivity contribution in [3.63, 3.8) is 0 Å². The first-order chi connectivity index (χ1) is 11.4. The van der Waals surface area contributed by atoms with E-state index >= 15 is 0 Å². The molecule has 1 spiro atoms. The summed E-state index contributed by atoms with van der Waals surface area (Å²) in [4.78, 5) is 14.9. The molecule has 24 heavy (non-hydrogen) atoms. The second kappa shape index (κ2) is 6.85. The normalized spacial score (nSPS) is 20.5. The lowest BCUT2D eigenvalue weighted by Gasteiger charge is -2.40. The number of morpholine rings is 1. The standard InChI is InChI=1S/C20H29NO3/c1-19(2,23)11-8-16-6-5-7-17(14-16)18(22)21-12-13-24-20(15-21)9-3-4-10-20/h5-7,14,23H,3-4,8-13,15H2,1-2H3. The molecule has 1 aliphatic heterocycles. The maximum absolute atomic E-state index is 12.9. The average Bonchev–Trinajstić information content (AvgIpc) is 2.99. The van der Waals surface area contributed by atoms with E-state index in [1.807, 2.05) is 43.0 Å². The van der Waals surface area contributed by atoms with Crippen LogP contribution in [0.25, 0.3) is 0 Å². The van der Waals surface area contributed by atoms with Gasteiger partial charge in [0.2, 0.25) is 0 Å². The highest BCUT2D eigenvalue weighted by atomic mass is 16.5. The third-order valence-corrected chi connectivity index (χ3v) is 5.25. The van der Waals surface area contributed by atoms with Crippen LogP contribution in [0.3, 0.4) is 0 Å². The van der Waals surface area contributed by atoms with Gasteiger partial charge in [-0.05, 0) is 57.2 Å². The van der Waals surface area contributed by atoms with Crippen molar-refractivity contribution in [2.24, 2.45) is 0 Å². The molecule has 0 radical (unpaired) electrons. The minimum absolute atomic E-state index is 0.0908. The number of nitrogens with zero attached hydrogens (tertiary/aromatic N) is 1. The Balaban J connectivity index is 1.68. The summed E-state index contributed by atoms with van der Waals surface area (Å²) < 4.78 is 6.02. The molecule has 4 nitrogen and oxygen atoms in total. The number of ether oxygens (including phenoxy) is 1. The van der Waals surface area contributed by atoms with Crippen LogP contribution in [0.2, 0.25) is 0 Å². The van der Waals surface area contributed by atoms with E-state index in [9.17, 15) is 9.90 Å². The SMILES string of the molecule is CC(C)(O)CCc1cccc(C(=O)N2CCOC3(CCCC3)C2)c1. The Kier molecular flexibility index (Phi) is 4.97. The van der Waals surface area contributed by atoms with Gasteiger partial charge in [-0.2, -0.15) is 0 Å². The second-order valence-corrected chi connectivity index (χ2v) is 7.98. The number of carbonyl (C=O) groups is 1. The summed E-state index contributed by atoms with van der Waals surface area (Å²) in [6.45, 7) is 5.67. The van der Waals surface area contributed by atoms with Crippen LogP contribution in [-0.2, 0) is 11.2 Å². The van der Waals surface area contributed by atoms with Crippen molar-refractivity contribution in [2.45, 2.75) is 63.6 Å². The molecular formula is C20H29NO3. The summed E-state index contributed by atoms with van der Waals surface area (Å²) in [5.41, 5.74) is 1.08. The van der Waals surface area contributed by atoms with Crippen LogP contribution in [0.5, 0.6) is 0 Å². The fourth-order valence-electron chi connectivity index (χ4n) is 3.83. The van der Waals surface area contributed by atoms with E-state index in [0.717, 1.165) is 36.9 Å². The number of aliphatic hydroxyl groups is 1. The van der Waals surface area contributed by atoms with Gasteiger partial charge in [-0.25, -0.2) is 0 Å². The summed E-state index contributed by atoms with van der Waals surface area (Å²) >= 11 is 0. The second-order valence-electron chi connectivity index (χ2n) is 7.98. The highest BCUT2D eigenvalue weighted by molar-refractivity contribution is 5.94. The zero-order valence-corrected chi connectivity index (χ0v) is 14.9. The highest BCUT2D eigenvalue weighted by Crippen LogP contribution is 2.36. The van der Waals surface area contributed by atoms with Gasteiger partial charge in [-0.15, -0.1) is 0 Å². The molecule has 1 aliphatic carbocycles. The maximum Gasteiger partial charge on any atom is 0.254 e. The fraction of sp³-hybridized carbons (Fsp3) is 0.650. The Morgan fingerprint density at radius 1 is 1.33 bits per heavy atom. The number of amides is 1. The van der Waals surface area contributed by atoms with E-state index in [4.69, 9.17) is 4.74 Å². The molecule has 1 saturated carbocycles. The van der Waals surface area contributed by atoms with E-state index in [1.165, 1.54) is 12.8 Å². The van der Waals surface area contributed by atoms with E-state index in [0.29, 0.717) is 19.6 Å². The number of aryl methyl sites for hydroxylation is 1. The highest BCUT2D eigenvalue weighted by Gasteiger charge is 2.40. The van der Waals surface area contributed by atoms with Crippen molar-refractivity contribution >= 4 is 5.91 Å². The minimum Gasteiger partial charge on any atom is -0.390 e. The summed E-state index contributed by atoms with van der Waals surface area (Å²) in [6, 6.07) is 7.84. The number of hydrogen-bond acceptors (Lipinski definition) is 3. The predicted molar refractivity (Wildman–Crippen MR) is 94.1 cm³/mol. The van der Waals surface area contributed by atoms with Gasteiger partial charge in [0, 0.05) is 12.1 Å². The lowest BCUT2D eigenvalue weighted by Crippen LogP contribution is -2.52. The van der Waals surface area contributed by atoms with E-state index in [-0.39, 0.29) is 11.5 Å². The van der Waals surface area contributed by atoms with Crippen molar-refractivity contribution in [2.75, 3.05) is 19.7 Å². The number of hydrogen-bond donors (Lipinski definition) is 1. The molecule has 3 rings (SSSR count). The van der Waals surface area contributed by atoms with Crippen molar-refractivity contribution in [1.29, 1.82) is 0 Å². The first-order valence-electron chi connectivity index (χ1n) is 9.12. The molecule has 0 unspecified atom stereocenters. The summed E-state index contributed by atoms with van der Waals surface area (Å²) in [5, 5.41) is 9.89. The first-order valence-corrected chi connectivity index (χ1v) is 9.12. The first kappa shape index (κ1) is 17.4. The van der Waals surface area contributed by atoms with Gasteiger partial charge >= 0.3 is 0 Å². The molecule has 0 atom stereocenters. The van der Waals surface area contributed by atoms with Crippen LogP contribution in [0.15, 0.2) is 24.3 Å². The van der Waals surface area contributed by atoms with E-state index in [1.54, 1.807) is 0 Å². The van der Waals surface area contributed by atoms with E-state index < -0.39 is 5.60 Å². The van der Waals surface area contributed by atoms with Crippen molar-refractivity contribution in [1.82, 2.24) is 4.90 Å². The largest absolute Gasteiger partial charge is 0.390 e. The molecule has 1 N–H and O–H groups in total. The van der Waals surface area contributed by atoms with Gasteiger partial charge in [-0.3, -0.25) is 4.79 Å². The smallest absolute Gasteiger partial charge is 0.254 e. The Bertz CT molecular complexity index is 585. The molecule has 2 aliphatic rings. The van der Waals surface area contributed by atoms with Gasteiger partial charge in [-0.1, -0.05) is 25.0 Å². The van der Waals surface area contributed by atoms with Crippen LogP contribution in [0, 0.1) is 0 Å². The van der Waals surface area contributed by atoms with Crippen LogP contribution < -0.4 is 0 Å². The molecule has 4 heteroatoms. The zero-order chi connectivity index (χ0) is 17.2. The third kappa shape index (κ3) is 4.17. The third-order valence-electron chi connectivity index (χ3n) is 5.25. The Hall–Kier alpha value is -1.39. The zero-order valence-electron chi connectivity index (χ0n) is 14.9. The number of carbonyl (C=O) groups excluding carboxylic acids is 1. The predicted octanol–water partition coefficient (Wildman–Crippen LogP) is 3.18. The summed E-state index contributed by atoms with van der Waals surface area (Å²) in [6.07, 6.45) is 6.01. The summed E-state index contributed by atoms with van der Waals surface area (Å²) in [5.74, 6) is 0.106. The molecule has 1 aromatic carbocycles. The minimum atomic E-state index is -0.681. The van der Waals surface area contributed by atoms with Gasteiger partial charge in [0.1, 0.15) is 0 Å². The van der Waals surface area contributed by atoms with E-state index in [2.05, 4.69) is 0 Å². The quantitative estimate of drug-likeness (QED) is 0.922. The Morgan fingerprint density at radius 2 is 2.08 bits per heavy atom. The van der Waals surface area contributed by atoms with Crippen LogP contribution in [0.4, 0.5) is 0 Å². The number of benzene rings is 1. The molecule has 0 aromatic heterocycles. The lowest BCUT2D eigenvalue weighted by molar-refractivity contribution is -0.0948. The van der Waals surface area contributed by atoms with Gasteiger partial charge in [0.05, 0.1) is 24.4 Å². The maximum atomic E-state index is 12.9. The molecule has 2 fully saturated rings. The van der Waals surface area contributed by atoms with Crippen LogP contribution in [-0.4, -0.2) is 46.8 Å². The molecule has 132 valence electrons. The van der Waals surface area contributed by atoms with Crippen molar-refractivity contribution < 1.29 is 14.6 Å². The summed E-state index contributed by atoms with van der Waals surface area (Å²) in [7, 11) is 0. The van der Waals surface area contributed by atoms with Gasteiger partial charge in [0.15, 0.2) is 0 Å². The monoisotopic (exact) mass is 331 g/mol. The van der Waals surface area contributed by atoms with Gasteiger partial charge < -0.3 is 14.7 Å². The van der Waals surface area contributed by atoms with Crippen molar-refractivity contribution in [3.8, 4) is 0 Å². The molecular weight excluding hydrogens is 302 g/mol. The topological polar surface area (TPSA) is 49.8 Å². The molecule has 0 bridgehead atoms. The lowest BCUT2D eigenvalue weighted by atomic mass is 9.97. The Labute approximate surface area is 144 Å². The van der Waals surface area contributed by atoms with Crippen molar-refractivity contribution in [3.05, 3.63) is 35.4 Å². The molecule has 1 aromatic rings. The Morgan fingerprint density at radius 3 is 2.79 bits per heavy atom. The van der Waals surface area contributed by atoms with Crippen LogP contribution >= 0.6 is 0 Å². The molecule has 1 saturated heterocycles. The molecule has 1 amide bonds. The fourth-order valence-corrected chi connectivity index (χ4v) is 3.83. The van der Waals surface area contributed by atoms with Gasteiger partial charge in [0.25, 0.3) is 5.91 Å². The number of rotatable bonds is 4.